The van der Waals surface area contributed by atoms with E-state index < -0.39 is 0 Å². The van der Waals surface area contributed by atoms with Crippen LogP contribution in [0, 0.1) is 0 Å². The Morgan fingerprint density at radius 3 is 2.54 bits per heavy atom. The Hall–Kier alpha value is -2.66. The van der Waals surface area contributed by atoms with E-state index in [1.165, 1.54) is 11.1 Å². The van der Waals surface area contributed by atoms with Crippen LogP contribution in [0.15, 0.2) is 48.5 Å². The zero-order valence-electron chi connectivity index (χ0n) is 15.0. The maximum atomic E-state index is 12.2. The Morgan fingerprint density at radius 1 is 1.08 bits per heavy atom. The molecule has 5 nitrogen and oxygen atoms in total. The van der Waals surface area contributed by atoms with Gasteiger partial charge in [0, 0.05) is 31.7 Å². The molecule has 0 radical (unpaired) electrons. The van der Waals surface area contributed by atoms with Crippen molar-refractivity contribution in [3.05, 3.63) is 65.2 Å². The van der Waals surface area contributed by atoms with Crippen molar-refractivity contribution in [1.29, 1.82) is 0 Å². The topological polar surface area (TPSA) is 58.6 Å². The van der Waals surface area contributed by atoms with Crippen molar-refractivity contribution >= 4 is 17.6 Å². The number of rotatable bonds is 6. The number of fused-ring (bicyclic) bond motifs is 1. The van der Waals surface area contributed by atoms with Crippen LogP contribution in [0.4, 0.5) is 5.69 Å². The molecule has 0 spiro atoms. The van der Waals surface area contributed by atoms with E-state index in [1.54, 1.807) is 31.2 Å². The summed E-state index contributed by atoms with van der Waals surface area (Å²) in [5.41, 5.74) is 3.94. The molecule has 0 unspecified atom stereocenters. The molecule has 1 aliphatic heterocycles. The Bertz CT molecular complexity index is 771. The van der Waals surface area contributed by atoms with Gasteiger partial charge in [0.15, 0.2) is 0 Å². The minimum atomic E-state index is -0.351. The normalized spacial score (nSPS) is 13.7. The largest absolute Gasteiger partial charge is 0.462 e. The highest BCUT2D eigenvalue weighted by atomic mass is 16.5. The fourth-order valence-electron chi connectivity index (χ4n) is 3.13. The first kappa shape index (κ1) is 18.1. The SMILES string of the molecule is CCOC(=O)c1ccc(NC(=O)CCN2CCc3ccccc3C2)cc1. The smallest absolute Gasteiger partial charge is 0.338 e. The third kappa shape index (κ3) is 4.70. The van der Waals surface area contributed by atoms with Crippen molar-refractivity contribution in [3.8, 4) is 0 Å². The van der Waals surface area contributed by atoms with Crippen LogP contribution in [0.2, 0.25) is 0 Å². The highest BCUT2D eigenvalue weighted by Crippen LogP contribution is 2.18. The molecule has 1 amide bonds. The summed E-state index contributed by atoms with van der Waals surface area (Å²) in [6.07, 6.45) is 1.48. The van der Waals surface area contributed by atoms with Gasteiger partial charge in [0.25, 0.3) is 0 Å². The summed E-state index contributed by atoms with van der Waals surface area (Å²) in [6.45, 7) is 4.74. The minimum absolute atomic E-state index is 0.0206. The predicted molar refractivity (Wildman–Crippen MR) is 101 cm³/mol. The molecule has 1 aliphatic rings. The van der Waals surface area contributed by atoms with Crippen LogP contribution < -0.4 is 5.32 Å². The summed E-state index contributed by atoms with van der Waals surface area (Å²) in [4.78, 5) is 26.1. The Balaban J connectivity index is 1.47. The van der Waals surface area contributed by atoms with E-state index in [9.17, 15) is 9.59 Å². The van der Waals surface area contributed by atoms with Crippen LogP contribution in [0.25, 0.3) is 0 Å². The molecular weight excluding hydrogens is 328 g/mol. The first-order valence-corrected chi connectivity index (χ1v) is 9.02. The predicted octanol–water partition coefficient (Wildman–Crippen LogP) is 3.25. The number of carbonyl (C=O) groups excluding carboxylic acids is 2. The van der Waals surface area contributed by atoms with Crippen LogP contribution in [-0.4, -0.2) is 36.5 Å². The minimum Gasteiger partial charge on any atom is -0.462 e. The molecule has 0 atom stereocenters. The standard InChI is InChI=1S/C21H24N2O3/c1-2-26-21(25)17-7-9-19(10-8-17)22-20(24)12-14-23-13-11-16-5-3-4-6-18(16)15-23/h3-10H,2,11-15H2,1H3,(H,22,24). The fourth-order valence-corrected chi connectivity index (χ4v) is 3.13. The lowest BCUT2D eigenvalue weighted by Gasteiger charge is -2.28. The number of benzene rings is 2. The summed E-state index contributed by atoms with van der Waals surface area (Å²) >= 11 is 0. The molecule has 1 heterocycles. The van der Waals surface area contributed by atoms with E-state index in [4.69, 9.17) is 4.74 Å². The molecule has 136 valence electrons. The van der Waals surface area contributed by atoms with Gasteiger partial charge >= 0.3 is 5.97 Å². The number of amides is 1. The monoisotopic (exact) mass is 352 g/mol. The molecule has 0 bridgehead atoms. The van der Waals surface area contributed by atoms with E-state index in [0.717, 1.165) is 26.1 Å². The lowest BCUT2D eigenvalue weighted by molar-refractivity contribution is -0.116. The van der Waals surface area contributed by atoms with Gasteiger partial charge in [-0.2, -0.15) is 0 Å². The summed E-state index contributed by atoms with van der Waals surface area (Å²) in [5.74, 6) is -0.372. The van der Waals surface area contributed by atoms with Crippen molar-refractivity contribution in [3.63, 3.8) is 0 Å². The first-order chi connectivity index (χ1) is 12.7. The molecule has 0 saturated heterocycles. The maximum Gasteiger partial charge on any atom is 0.338 e. The van der Waals surface area contributed by atoms with Gasteiger partial charge in [-0.15, -0.1) is 0 Å². The van der Waals surface area contributed by atoms with Gasteiger partial charge in [-0.05, 0) is 48.7 Å². The van der Waals surface area contributed by atoms with Gasteiger partial charge in [-0.25, -0.2) is 4.79 Å². The molecule has 0 fully saturated rings. The molecule has 0 aliphatic carbocycles. The average Bonchev–Trinajstić information content (AvgIpc) is 2.67. The van der Waals surface area contributed by atoms with Gasteiger partial charge in [-0.3, -0.25) is 9.69 Å². The van der Waals surface area contributed by atoms with Crippen LogP contribution in [0.5, 0.6) is 0 Å². The molecule has 26 heavy (non-hydrogen) atoms. The average molecular weight is 352 g/mol. The third-order valence-corrected chi connectivity index (χ3v) is 4.54. The number of nitrogens with one attached hydrogen (secondary N) is 1. The van der Waals surface area contributed by atoms with Crippen molar-refractivity contribution in [2.24, 2.45) is 0 Å². The molecule has 0 aromatic heterocycles. The maximum absolute atomic E-state index is 12.2. The number of hydrogen-bond acceptors (Lipinski definition) is 4. The quantitative estimate of drug-likeness (QED) is 0.811. The third-order valence-electron chi connectivity index (χ3n) is 4.54. The van der Waals surface area contributed by atoms with Crippen LogP contribution >= 0.6 is 0 Å². The first-order valence-electron chi connectivity index (χ1n) is 9.02. The van der Waals surface area contributed by atoms with E-state index in [1.807, 2.05) is 0 Å². The van der Waals surface area contributed by atoms with Gasteiger partial charge in [0.2, 0.25) is 5.91 Å². The van der Waals surface area contributed by atoms with Gasteiger partial charge in [0.1, 0.15) is 0 Å². The molecular formula is C21H24N2O3. The molecule has 3 rings (SSSR count). The van der Waals surface area contributed by atoms with Crippen LogP contribution in [0.3, 0.4) is 0 Å². The zero-order valence-corrected chi connectivity index (χ0v) is 15.0. The number of nitrogens with zero attached hydrogens (tertiary/aromatic N) is 1. The summed E-state index contributed by atoms with van der Waals surface area (Å²) < 4.78 is 4.95. The van der Waals surface area contributed by atoms with E-state index in [2.05, 4.69) is 34.5 Å². The number of hydrogen-bond donors (Lipinski definition) is 1. The number of anilines is 1. The number of carbonyl (C=O) groups is 2. The van der Waals surface area contributed by atoms with E-state index in [-0.39, 0.29) is 11.9 Å². The van der Waals surface area contributed by atoms with Gasteiger partial charge in [-0.1, -0.05) is 24.3 Å². The molecule has 1 N–H and O–H groups in total. The summed E-state index contributed by atoms with van der Waals surface area (Å²) in [7, 11) is 0. The summed E-state index contributed by atoms with van der Waals surface area (Å²) in [5, 5.41) is 2.88. The van der Waals surface area contributed by atoms with Crippen molar-refractivity contribution in [2.75, 3.05) is 25.0 Å². The molecule has 2 aromatic rings. The highest BCUT2D eigenvalue weighted by Gasteiger charge is 2.16. The highest BCUT2D eigenvalue weighted by molar-refractivity contribution is 5.93. The van der Waals surface area contributed by atoms with Gasteiger partial charge in [0.05, 0.1) is 12.2 Å². The Kier molecular flexibility index (Phi) is 6.02. The van der Waals surface area contributed by atoms with Crippen molar-refractivity contribution < 1.29 is 14.3 Å². The zero-order chi connectivity index (χ0) is 18.4. The second-order valence-corrected chi connectivity index (χ2v) is 6.39. The van der Waals surface area contributed by atoms with Gasteiger partial charge < -0.3 is 10.1 Å². The molecule has 0 saturated carbocycles. The van der Waals surface area contributed by atoms with Crippen LogP contribution in [0.1, 0.15) is 34.8 Å². The second kappa shape index (κ2) is 8.63. The molecule has 5 heteroatoms. The Morgan fingerprint density at radius 2 is 1.81 bits per heavy atom. The van der Waals surface area contributed by atoms with E-state index in [0.29, 0.717) is 24.3 Å². The Labute approximate surface area is 154 Å². The lowest BCUT2D eigenvalue weighted by atomic mass is 10.00. The lowest BCUT2D eigenvalue weighted by Crippen LogP contribution is -2.33. The molecule has 2 aromatic carbocycles. The van der Waals surface area contributed by atoms with Crippen LogP contribution in [-0.2, 0) is 22.5 Å². The second-order valence-electron chi connectivity index (χ2n) is 6.39. The number of esters is 1. The fraction of sp³-hybridized carbons (Fsp3) is 0.333. The van der Waals surface area contributed by atoms with Crippen molar-refractivity contribution in [1.82, 2.24) is 4.90 Å². The van der Waals surface area contributed by atoms with E-state index >= 15 is 0 Å². The summed E-state index contributed by atoms with van der Waals surface area (Å²) in [6, 6.07) is 15.3. The number of ether oxygens (including phenoxy) is 1. The van der Waals surface area contributed by atoms with Crippen molar-refractivity contribution in [2.45, 2.75) is 26.3 Å².